The van der Waals surface area contributed by atoms with Gasteiger partial charge in [0, 0.05) is 10.8 Å². The summed E-state index contributed by atoms with van der Waals surface area (Å²) in [6, 6.07) is 6.15. The van der Waals surface area contributed by atoms with Crippen LogP contribution in [-0.2, 0) is 0 Å². The number of thiophene rings is 1. The molecule has 0 bridgehead atoms. The maximum atomic E-state index is 8.96. The molecule has 0 aliphatic carbocycles. The molecular formula is C11H9NOS. The van der Waals surface area contributed by atoms with E-state index >= 15 is 0 Å². The van der Waals surface area contributed by atoms with Crippen LogP contribution in [0.3, 0.4) is 0 Å². The molecule has 70 valence electrons. The lowest BCUT2D eigenvalue weighted by atomic mass is 10.1. The van der Waals surface area contributed by atoms with Crippen molar-refractivity contribution in [2.24, 2.45) is 0 Å². The number of hydrogen-bond donors (Lipinski definition) is 0. The van der Waals surface area contributed by atoms with E-state index in [0.717, 1.165) is 27.0 Å². The fourth-order valence-corrected chi connectivity index (χ4v) is 2.47. The summed E-state index contributed by atoms with van der Waals surface area (Å²) in [6.45, 7) is 1.98. The highest BCUT2D eigenvalue weighted by Crippen LogP contribution is 2.34. The van der Waals surface area contributed by atoms with E-state index in [-0.39, 0.29) is 0 Å². The van der Waals surface area contributed by atoms with Crippen LogP contribution in [0.2, 0.25) is 0 Å². The fourth-order valence-electron chi connectivity index (χ4n) is 1.50. The van der Waals surface area contributed by atoms with Crippen LogP contribution in [0.4, 0.5) is 0 Å². The fraction of sp³-hybridized carbons (Fsp3) is 0.182. The van der Waals surface area contributed by atoms with Crippen LogP contribution in [0, 0.1) is 18.3 Å². The van der Waals surface area contributed by atoms with Crippen molar-refractivity contribution in [1.29, 1.82) is 5.26 Å². The van der Waals surface area contributed by atoms with Gasteiger partial charge in [-0.2, -0.15) is 5.26 Å². The standard InChI is InChI=1S/C11H9NOS/c1-7-3-8(5-12)11-9(4-7)10(13-2)6-14-11/h3-4,6H,1-2H3. The summed E-state index contributed by atoms with van der Waals surface area (Å²) in [5.74, 6) is 0.852. The predicted octanol–water partition coefficient (Wildman–Crippen LogP) is 3.09. The van der Waals surface area contributed by atoms with Gasteiger partial charge in [-0.05, 0) is 24.6 Å². The van der Waals surface area contributed by atoms with E-state index < -0.39 is 0 Å². The minimum absolute atomic E-state index is 0.730. The Kier molecular flexibility index (Phi) is 2.14. The molecule has 0 amide bonds. The number of methoxy groups -OCH3 is 1. The van der Waals surface area contributed by atoms with Crippen LogP contribution >= 0.6 is 11.3 Å². The van der Waals surface area contributed by atoms with Gasteiger partial charge in [-0.3, -0.25) is 0 Å². The molecule has 0 unspecified atom stereocenters. The average molecular weight is 203 g/mol. The Morgan fingerprint density at radius 3 is 2.86 bits per heavy atom. The van der Waals surface area contributed by atoms with Gasteiger partial charge in [0.1, 0.15) is 11.8 Å². The second kappa shape index (κ2) is 3.32. The number of ether oxygens (including phenoxy) is 1. The van der Waals surface area contributed by atoms with Gasteiger partial charge in [0.05, 0.1) is 17.4 Å². The highest BCUT2D eigenvalue weighted by molar-refractivity contribution is 7.17. The van der Waals surface area contributed by atoms with E-state index in [1.54, 1.807) is 18.4 Å². The Bertz CT molecular complexity index is 522. The lowest BCUT2D eigenvalue weighted by Crippen LogP contribution is -1.82. The molecule has 0 saturated carbocycles. The zero-order valence-electron chi connectivity index (χ0n) is 8.00. The monoisotopic (exact) mass is 203 g/mol. The molecule has 0 aliphatic rings. The molecule has 0 atom stereocenters. The first-order valence-electron chi connectivity index (χ1n) is 4.22. The van der Waals surface area contributed by atoms with Gasteiger partial charge >= 0.3 is 0 Å². The summed E-state index contributed by atoms with van der Waals surface area (Å²) in [5.41, 5.74) is 1.82. The number of rotatable bonds is 1. The molecule has 14 heavy (non-hydrogen) atoms. The van der Waals surface area contributed by atoms with Crippen LogP contribution in [0.5, 0.6) is 5.75 Å². The summed E-state index contributed by atoms with van der Waals surface area (Å²) < 4.78 is 6.23. The third-order valence-corrected chi connectivity index (χ3v) is 3.13. The van der Waals surface area contributed by atoms with Gasteiger partial charge in [-0.15, -0.1) is 11.3 Å². The van der Waals surface area contributed by atoms with Crippen molar-refractivity contribution < 1.29 is 4.74 Å². The van der Waals surface area contributed by atoms with E-state index in [4.69, 9.17) is 10.00 Å². The van der Waals surface area contributed by atoms with Gasteiger partial charge < -0.3 is 4.74 Å². The molecule has 0 radical (unpaired) electrons. The molecule has 2 nitrogen and oxygen atoms in total. The zero-order valence-corrected chi connectivity index (χ0v) is 8.81. The van der Waals surface area contributed by atoms with Crippen LogP contribution in [-0.4, -0.2) is 7.11 Å². The molecule has 0 N–H and O–H groups in total. The van der Waals surface area contributed by atoms with Gasteiger partial charge in [-0.25, -0.2) is 0 Å². The summed E-state index contributed by atoms with van der Waals surface area (Å²) >= 11 is 1.55. The van der Waals surface area contributed by atoms with Crippen LogP contribution in [0.15, 0.2) is 17.5 Å². The second-order valence-electron chi connectivity index (χ2n) is 3.11. The number of aryl methyl sites for hydroxylation is 1. The minimum Gasteiger partial charge on any atom is -0.495 e. The normalized spacial score (nSPS) is 10.1. The smallest absolute Gasteiger partial charge is 0.137 e. The Morgan fingerprint density at radius 2 is 2.21 bits per heavy atom. The highest BCUT2D eigenvalue weighted by atomic mass is 32.1. The van der Waals surface area contributed by atoms with E-state index in [1.807, 2.05) is 24.4 Å². The quantitative estimate of drug-likeness (QED) is 0.713. The molecular weight excluding hydrogens is 194 g/mol. The minimum atomic E-state index is 0.730. The Labute approximate surface area is 86.4 Å². The number of nitrogens with zero attached hydrogens (tertiary/aromatic N) is 1. The maximum Gasteiger partial charge on any atom is 0.137 e. The predicted molar refractivity (Wildman–Crippen MR) is 57.8 cm³/mol. The zero-order chi connectivity index (χ0) is 10.1. The maximum absolute atomic E-state index is 8.96. The molecule has 1 aromatic carbocycles. The van der Waals surface area contributed by atoms with Gasteiger partial charge in [0.25, 0.3) is 0 Å². The van der Waals surface area contributed by atoms with Crippen molar-refractivity contribution in [3.8, 4) is 11.8 Å². The topological polar surface area (TPSA) is 33.0 Å². The number of fused-ring (bicyclic) bond motifs is 1. The van der Waals surface area contributed by atoms with Gasteiger partial charge in [0.15, 0.2) is 0 Å². The van der Waals surface area contributed by atoms with E-state index in [2.05, 4.69) is 6.07 Å². The molecule has 0 aliphatic heterocycles. The lowest BCUT2D eigenvalue weighted by Gasteiger charge is -1.99. The molecule has 3 heteroatoms. The number of nitriles is 1. The van der Waals surface area contributed by atoms with Crippen LogP contribution < -0.4 is 4.74 Å². The highest BCUT2D eigenvalue weighted by Gasteiger charge is 2.08. The largest absolute Gasteiger partial charge is 0.495 e. The molecule has 1 heterocycles. The van der Waals surface area contributed by atoms with Crippen molar-refractivity contribution >= 4 is 21.4 Å². The first-order chi connectivity index (χ1) is 6.76. The van der Waals surface area contributed by atoms with Crippen molar-refractivity contribution in [3.63, 3.8) is 0 Å². The summed E-state index contributed by atoms with van der Waals surface area (Å²) in [5, 5.41) is 11.9. The van der Waals surface area contributed by atoms with Crippen molar-refractivity contribution in [3.05, 3.63) is 28.6 Å². The van der Waals surface area contributed by atoms with Crippen molar-refractivity contribution in [2.45, 2.75) is 6.92 Å². The first kappa shape index (κ1) is 9.04. The Hall–Kier alpha value is -1.53. The average Bonchev–Trinajstić information content (AvgIpc) is 2.59. The Balaban J connectivity index is 2.85. The SMILES string of the molecule is COc1csc2c(C#N)cc(C)cc12. The third-order valence-electron chi connectivity index (χ3n) is 2.12. The Morgan fingerprint density at radius 1 is 1.43 bits per heavy atom. The van der Waals surface area contributed by atoms with Crippen molar-refractivity contribution in [2.75, 3.05) is 7.11 Å². The molecule has 2 rings (SSSR count). The lowest BCUT2D eigenvalue weighted by molar-refractivity contribution is 0.421. The van der Waals surface area contributed by atoms with Crippen molar-refractivity contribution in [1.82, 2.24) is 0 Å². The summed E-state index contributed by atoms with van der Waals surface area (Å²) in [7, 11) is 1.65. The number of hydrogen-bond acceptors (Lipinski definition) is 3. The van der Waals surface area contributed by atoms with Gasteiger partial charge in [-0.1, -0.05) is 0 Å². The van der Waals surface area contributed by atoms with E-state index in [0.29, 0.717) is 0 Å². The summed E-state index contributed by atoms with van der Waals surface area (Å²) in [4.78, 5) is 0. The summed E-state index contributed by atoms with van der Waals surface area (Å²) in [6.07, 6.45) is 0. The first-order valence-corrected chi connectivity index (χ1v) is 5.10. The molecule has 2 aromatic rings. The molecule has 1 aromatic heterocycles. The molecule has 0 spiro atoms. The van der Waals surface area contributed by atoms with Gasteiger partial charge in [0.2, 0.25) is 0 Å². The van der Waals surface area contributed by atoms with Crippen LogP contribution in [0.25, 0.3) is 10.1 Å². The second-order valence-corrected chi connectivity index (χ2v) is 3.98. The molecule has 0 fully saturated rings. The number of benzene rings is 1. The van der Waals surface area contributed by atoms with Crippen LogP contribution in [0.1, 0.15) is 11.1 Å². The van der Waals surface area contributed by atoms with E-state index in [1.165, 1.54) is 0 Å². The third kappa shape index (κ3) is 1.24. The van der Waals surface area contributed by atoms with E-state index in [9.17, 15) is 0 Å². The molecule has 0 saturated heterocycles.